The number of amides is 1. The SMILES string of the molecule is Cc1c(Br)c(C(=O)Nc2cccc(Cl)c2Cl)nn1C. The van der Waals surface area contributed by atoms with Gasteiger partial charge in [-0.05, 0) is 35.0 Å². The molecule has 1 heterocycles. The molecule has 19 heavy (non-hydrogen) atoms. The molecule has 1 aromatic heterocycles. The van der Waals surface area contributed by atoms with Gasteiger partial charge < -0.3 is 5.32 Å². The summed E-state index contributed by atoms with van der Waals surface area (Å²) < 4.78 is 2.28. The van der Waals surface area contributed by atoms with Crippen LogP contribution in [-0.2, 0) is 7.05 Å². The number of nitrogens with one attached hydrogen (secondary N) is 1. The molecule has 0 aliphatic rings. The van der Waals surface area contributed by atoms with Gasteiger partial charge in [-0.25, -0.2) is 0 Å². The monoisotopic (exact) mass is 361 g/mol. The van der Waals surface area contributed by atoms with Gasteiger partial charge in [0.2, 0.25) is 0 Å². The van der Waals surface area contributed by atoms with Gasteiger partial charge in [0.15, 0.2) is 5.69 Å². The van der Waals surface area contributed by atoms with E-state index in [1.807, 2.05) is 6.92 Å². The van der Waals surface area contributed by atoms with Gasteiger partial charge in [0.05, 0.1) is 25.9 Å². The van der Waals surface area contributed by atoms with Gasteiger partial charge in [-0.1, -0.05) is 29.3 Å². The summed E-state index contributed by atoms with van der Waals surface area (Å²) >= 11 is 15.3. The largest absolute Gasteiger partial charge is 0.319 e. The molecule has 0 spiro atoms. The Kier molecular flexibility index (Phi) is 4.18. The van der Waals surface area contributed by atoms with Gasteiger partial charge in [0, 0.05) is 7.05 Å². The van der Waals surface area contributed by atoms with Crippen LogP contribution >= 0.6 is 39.1 Å². The molecule has 4 nitrogen and oxygen atoms in total. The number of aryl methyl sites for hydroxylation is 1. The first kappa shape index (κ1) is 14.4. The fraction of sp³-hybridized carbons (Fsp3) is 0.167. The van der Waals surface area contributed by atoms with E-state index in [0.29, 0.717) is 25.9 Å². The quantitative estimate of drug-likeness (QED) is 0.875. The van der Waals surface area contributed by atoms with Gasteiger partial charge in [0.1, 0.15) is 0 Å². The minimum absolute atomic E-state index is 0.302. The van der Waals surface area contributed by atoms with Crippen LogP contribution in [-0.4, -0.2) is 15.7 Å². The average molecular weight is 363 g/mol. The van der Waals surface area contributed by atoms with Gasteiger partial charge >= 0.3 is 0 Å². The van der Waals surface area contributed by atoms with Crippen molar-refractivity contribution in [1.82, 2.24) is 9.78 Å². The highest BCUT2D eigenvalue weighted by Crippen LogP contribution is 2.30. The molecule has 7 heteroatoms. The summed E-state index contributed by atoms with van der Waals surface area (Å²) in [7, 11) is 1.77. The van der Waals surface area contributed by atoms with Crippen molar-refractivity contribution in [3.05, 3.63) is 44.1 Å². The molecule has 2 aromatic rings. The second kappa shape index (κ2) is 5.53. The minimum atomic E-state index is -0.347. The number of rotatable bonds is 2. The molecule has 0 fully saturated rings. The van der Waals surface area contributed by atoms with Crippen LogP contribution in [0.5, 0.6) is 0 Å². The maximum absolute atomic E-state index is 12.1. The van der Waals surface area contributed by atoms with Crippen LogP contribution in [0.4, 0.5) is 5.69 Å². The summed E-state index contributed by atoms with van der Waals surface area (Å²) in [5, 5.41) is 7.52. The lowest BCUT2D eigenvalue weighted by atomic mass is 10.3. The lowest BCUT2D eigenvalue weighted by molar-refractivity contribution is 0.102. The van der Waals surface area contributed by atoms with Gasteiger partial charge in [-0.3, -0.25) is 9.48 Å². The van der Waals surface area contributed by atoms with Crippen molar-refractivity contribution in [1.29, 1.82) is 0 Å². The summed E-state index contributed by atoms with van der Waals surface area (Å²) in [6.45, 7) is 1.86. The molecule has 1 aromatic carbocycles. The first-order valence-electron chi connectivity index (χ1n) is 5.36. The van der Waals surface area contributed by atoms with Gasteiger partial charge in [-0.2, -0.15) is 5.10 Å². The predicted octanol–water partition coefficient (Wildman–Crippen LogP) is 4.05. The van der Waals surface area contributed by atoms with Gasteiger partial charge in [0.25, 0.3) is 5.91 Å². The fourth-order valence-corrected chi connectivity index (χ4v) is 2.37. The second-order valence-corrected chi connectivity index (χ2v) is 5.51. The molecule has 0 aliphatic carbocycles. The molecule has 1 N–H and O–H groups in total. The number of nitrogens with zero attached hydrogens (tertiary/aromatic N) is 2. The molecule has 0 radical (unpaired) electrons. The van der Waals surface area contributed by atoms with E-state index in [-0.39, 0.29) is 5.91 Å². The van der Waals surface area contributed by atoms with Crippen LogP contribution in [0.15, 0.2) is 22.7 Å². The molecule has 0 aliphatic heterocycles. The molecule has 0 unspecified atom stereocenters. The highest BCUT2D eigenvalue weighted by molar-refractivity contribution is 9.10. The lowest BCUT2D eigenvalue weighted by Crippen LogP contribution is -2.14. The first-order valence-corrected chi connectivity index (χ1v) is 6.91. The van der Waals surface area contributed by atoms with Crippen molar-refractivity contribution in [3.63, 3.8) is 0 Å². The van der Waals surface area contributed by atoms with Crippen LogP contribution in [0.2, 0.25) is 10.0 Å². The topological polar surface area (TPSA) is 46.9 Å². The molecule has 0 saturated carbocycles. The number of aromatic nitrogens is 2. The zero-order valence-electron chi connectivity index (χ0n) is 10.2. The van der Waals surface area contributed by atoms with Crippen molar-refractivity contribution in [2.24, 2.45) is 7.05 Å². The molecule has 100 valence electrons. The van der Waals surface area contributed by atoms with Crippen LogP contribution in [0.1, 0.15) is 16.2 Å². The van der Waals surface area contributed by atoms with Crippen molar-refractivity contribution >= 4 is 50.7 Å². The molecule has 0 atom stereocenters. The fourth-order valence-electron chi connectivity index (χ4n) is 1.51. The Bertz CT molecular complexity index is 655. The van der Waals surface area contributed by atoms with E-state index in [4.69, 9.17) is 23.2 Å². The lowest BCUT2D eigenvalue weighted by Gasteiger charge is -2.06. The smallest absolute Gasteiger partial charge is 0.277 e. The Labute approximate surface area is 128 Å². The van der Waals surface area contributed by atoms with E-state index in [1.54, 1.807) is 29.9 Å². The summed E-state index contributed by atoms with van der Waals surface area (Å²) in [6.07, 6.45) is 0. The molecule has 0 bridgehead atoms. The van der Waals surface area contributed by atoms with Crippen LogP contribution in [0, 0.1) is 6.92 Å². The van der Waals surface area contributed by atoms with E-state index in [0.717, 1.165) is 5.69 Å². The van der Waals surface area contributed by atoms with E-state index < -0.39 is 0 Å². The number of benzene rings is 1. The molecular formula is C12H10BrCl2N3O. The summed E-state index contributed by atoms with van der Waals surface area (Å²) in [5.74, 6) is -0.347. The van der Waals surface area contributed by atoms with Crippen molar-refractivity contribution in [2.45, 2.75) is 6.92 Å². The van der Waals surface area contributed by atoms with Crippen LogP contribution < -0.4 is 5.32 Å². The Morgan fingerprint density at radius 2 is 2.11 bits per heavy atom. The summed E-state index contributed by atoms with van der Waals surface area (Å²) in [6, 6.07) is 5.04. The number of hydrogen-bond acceptors (Lipinski definition) is 2. The van der Waals surface area contributed by atoms with E-state index >= 15 is 0 Å². The third-order valence-corrected chi connectivity index (χ3v) is 4.44. The third kappa shape index (κ3) is 2.78. The maximum atomic E-state index is 12.1. The van der Waals surface area contributed by atoms with E-state index in [1.165, 1.54) is 0 Å². The van der Waals surface area contributed by atoms with Crippen molar-refractivity contribution < 1.29 is 4.79 Å². The predicted molar refractivity (Wildman–Crippen MR) is 80.1 cm³/mol. The summed E-state index contributed by atoms with van der Waals surface area (Å²) in [5.41, 5.74) is 1.62. The minimum Gasteiger partial charge on any atom is -0.319 e. The highest BCUT2D eigenvalue weighted by atomic mass is 79.9. The Morgan fingerprint density at radius 3 is 2.68 bits per heavy atom. The van der Waals surface area contributed by atoms with Crippen molar-refractivity contribution in [2.75, 3.05) is 5.32 Å². The number of carbonyl (C=O) groups is 1. The Balaban J connectivity index is 2.31. The normalized spacial score (nSPS) is 10.6. The van der Waals surface area contributed by atoms with Gasteiger partial charge in [-0.15, -0.1) is 0 Å². The summed E-state index contributed by atoms with van der Waals surface area (Å²) in [4.78, 5) is 12.1. The van der Waals surface area contributed by atoms with Crippen LogP contribution in [0.3, 0.4) is 0 Å². The number of anilines is 1. The van der Waals surface area contributed by atoms with E-state index in [9.17, 15) is 4.79 Å². The zero-order valence-corrected chi connectivity index (χ0v) is 13.3. The first-order chi connectivity index (χ1) is 8.91. The molecular weight excluding hydrogens is 353 g/mol. The zero-order chi connectivity index (χ0) is 14.2. The van der Waals surface area contributed by atoms with Crippen LogP contribution in [0.25, 0.3) is 0 Å². The number of carbonyl (C=O) groups excluding carboxylic acids is 1. The average Bonchev–Trinajstić information content (AvgIpc) is 2.63. The third-order valence-electron chi connectivity index (χ3n) is 2.68. The number of hydrogen-bond donors (Lipinski definition) is 1. The molecule has 2 rings (SSSR count). The van der Waals surface area contributed by atoms with E-state index in [2.05, 4.69) is 26.3 Å². The molecule has 1 amide bonds. The molecule has 0 saturated heterocycles. The van der Waals surface area contributed by atoms with Crippen molar-refractivity contribution in [3.8, 4) is 0 Å². The second-order valence-electron chi connectivity index (χ2n) is 3.93. The highest BCUT2D eigenvalue weighted by Gasteiger charge is 2.18. The Hall–Kier alpha value is -1.04. The standard InChI is InChI=1S/C12H10BrCl2N3O/c1-6-9(13)11(17-18(6)2)12(19)16-8-5-3-4-7(14)10(8)15/h3-5H,1-2H3,(H,16,19). The Morgan fingerprint density at radius 1 is 1.42 bits per heavy atom. The number of halogens is 3. The maximum Gasteiger partial charge on any atom is 0.277 e.